The molecule has 1 N–H and O–H groups in total. The van der Waals surface area contributed by atoms with Gasteiger partial charge in [0, 0.05) is 29.9 Å². The molecule has 2 atom stereocenters. The maximum atomic E-state index is 17.4. The van der Waals surface area contributed by atoms with Gasteiger partial charge in [0.1, 0.15) is 31.6 Å². The molecular weight excluding hydrogens is 813 g/mol. The molecule has 1 aromatic heterocycles. The number of esters is 1. The first-order valence-electron chi connectivity index (χ1n) is 21.3. The van der Waals surface area contributed by atoms with Crippen molar-refractivity contribution in [1.82, 2.24) is 14.8 Å². The highest BCUT2D eigenvalue weighted by Gasteiger charge is 2.42. The molecule has 4 rings (SSSR count). The van der Waals surface area contributed by atoms with Crippen LogP contribution >= 0.6 is 0 Å². The van der Waals surface area contributed by atoms with Gasteiger partial charge in [-0.1, -0.05) is 61.3 Å². The van der Waals surface area contributed by atoms with Crippen LogP contribution in [0.15, 0.2) is 35.3 Å². The largest absolute Gasteiger partial charge is 0.466 e. The van der Waals surface area contributed by atoms with Gasteiger partial charge in [0.2, 0.25) is 5.91 Å². The van der Waals surface area contributed by atoms with Gasteiger partial charge in [0.15, 0.2) is 0 Å². The number of amides is 1. The van der Waals surface area contributed by atoms with Crippen LogP contribution in [-0.4, -0.2) is 55.7 Å². The van der Waals surface area contributed by atoms with E-state index in [4.69, 9.17) is 4.74 Å². The van der Waals surface area contributed by atoms with Crippen LogP contribution in [0.3, 0.4) is 0 Å². The van der Waals surface area contributed by atoms with Crippen molar-refractivity contribution in [3.8, 4) is 22.6 Å². The molecule has 0 spiro atoms. The SMILES string of the molecule is CCOC(=O)CC(NC(=O)C(CC(C)C)n1cc(CCN2CCC2)c(C(F)(F)F)cc1=O)c1c(F)c(C#C[Si](C(C)C)(C(C)C)C(C)C)cc(-c2c(C)cc(F)cc2C)c1F. The van der Waals surface area contributed by atoms with E-state index in [1.54, 1.807) is 34.6 Å². The third-order valence-corrected chi connectivity index (χ3v) is 18.4. The third-order valence-electron chi connectivity index (χ3n) is 12.1. The number of hydrogen-bond acceptors (Lipinski definition) is 5. The van der Waals surface area contributed by atoms with E-state index in [1.807, 2.05) is 4.90 Å². The summed E-state index contributed by atoms with van der Waals surface area (Å²) in [4.78, 5) is 43.4. The highest BCUT2D eigenvalue weighted by molar-refractivity contribution is 6.90. The standard InChI is InChI=1S/C47H61F6N3O4Si/c1-12-60-41(58)25-38(54-46(59)39(20-27(2)3)56-26-34(14-18-55-16-13-17-55)37(24-40(56)57)47(51,52)53)43-44(49)33(15-19-61(28(4)5,29(6)7)30(8)9)23-36(45(43)50)42-31(10)21-35(48)22-32(42)11/h21-24,26-30,38-39H,12-14,16-18,20,25H2,1-11H3,(H,54,59). The van der Waals surface area contributed by atoms with E-state index in [-0.39, 0.29) is 64.2 Å². The molecule has 2 aromatic carbocycles. The number of rotatable bonds is 16. The molecule has 0 saturated carbocycles. The fourth-order valence-electron chi connectivity index (χ4n) is 9.04. The average molecular weight is 874 g/mol. The van der Waals surface area contributed by atoms with Crippen molar-refractivity contribution in [2.75, 3.05) is 26.2 Å². The quantitative estimate of drug-likeness (QED) is 0.0671. The zero-order valence-corrected chi connectivity index (χ0v) is 38.3. The van der Waals surface area contributed by atoms with Crippen LogP contribution in [-0.2, 0) is 26.9 Å². The number of hydrogen-bond donors (Lipinski definition) is 1. The summed E-state index contributed by atoms with van der Waals surface area (Å²) in [6.45, 7) is 22.4. The molecule has 0 radical (unpaired) electrons. The number of aromatic nitrogens is 1. The Kier molecular flexibility index (Phi) is 16.3. The lowest BCUT2D eigenvalue weighted by Gasteiger charge is -2.38. The lowest BCUT2D eigenvalue weighted by molar-refractivity contribution is -0.144. The second-order valence-electron chi connectivity index (χ2n) is 17.7. The zero-order chi connectivity index (χ0) is 45.7. The number of carbonyl (C=O) groups excluding carboxylic acids is 2. The molecule has 0 aliphatic carbocycles. The van der Waals surface area contributed by atoms with E-state index < -0.39 is 78.8 Å². The molecule has 1 saturated heterocycles. The molecular formula is C47H61F6N3O4Si. The lowest BCUT2D eigenvalue weighted by atomic mass is 9.89. The van der Waals surface area contributed by atoms with Crippen molar-refractivity contribution in [1.29, 1.82) is 0 Å². The summed E-state index contributed by atoms with van der Waals surface area (Å²) in [5, 5.41) is 2.63. The lowest BCUT2D eigenvalue weighted by Crippen LogP contribution is -2.43. The highest BCUT2D eigenvalue weighted by atomic mass is 28.3. The van der Waals surface area contributed by atoms with Crippen molar-refractivity contribution >= 4 is 20.0 Å². The molecule has 61 heavy (non-hydrogen) atoms. The minimum absolute atomic E-state index is 0.0412. The molecule has 1 fully saturated rings. The molecule has 0 bridgehead atoms. The number of aryl methyl sites for hydroxylation is 2. The Hall–Kier alpha value is -4.35. The van der Waals surface area contributed by atoms with Crippen LogP contribution in [0.25, 0.3) is 11.1 Å². The fraction of sp³-hybridized carbons (Fsp3) is 0.553. The number of likely N-dealkylation sites (tertiary alicyclic amines) is 1. The Bertz CT molecular complexity index is 2160. The van der Waals surface area contributed by atoms with E-state index in [1.165, 1.54) is 18.2 Å². The van der Waals surface area contributed by atoms with E-state index in [2.05, 4.69) is 58.3 Å². The Morgan fingerprint density at radius 3 is 1.98 bits per heavy atom. The number of nitrogens with one attached hydrogen (secondary N) is 1. The highest BCUT2D eigenvalue weighted by Crippen LogP contribution is 2.42. The van der Waals surface area contributed by atoms with Gasteiger partial charge in [0.05, 0.1) is 30.2 Å². The third kappa shape index (κ3) is 11.2. The maximum absolute atomic E-state index is 17.4. The number of nitrogens with zero attached hydrogens (tertiary/aromatic N) is 2. The van der Waals surface area contributed by atoms with E-state index in [0.717, 1.165) is 30.3 Å². The molecule has 334 valence electrons. The molecule has 3 aromatic rings. The topological polar surface area (TPSA) is 80.6 Å². The first-order valence-corrected chi connectivity index (χ1v) is 23.5. The summed E-state index contributed by atoms with van der Waals surface area (Å²) in [7, 11) is -2.51. The molecule has 1 aliphatic rings. The van der Waals surface area contributed by atoms with Crippen molar-refractivity contribution in [2.24, 2.45) is 5.92 Å². The Morgan fingerprint density at radius 1 is 0.902 bits per heavy atom. The number of ether oxygens (including phenoxy) is 1. The van der Waals surface area contributed by atoms with Gasteiger partial charge >= 0.3 is 12.1 Å². The molecule has 1 aliphatic heterocycles. The normalized spacial score (nSPS) is 14.6. The van der Waals surface area contributed by atoms with Gasteiger partial charge in [0.25, 0.3) is 5.56 Å². The van der Waals surface area contributed by atoms with Crippen LogP contribution in [0.4, 0.5) is 26.3 Å². The average Bonchev–Trinajstić information content (AvgIpc) is 3.11. The van der Waals surface area contributed by atoms with E-state index in [0.29, 0.717) is 23.7 Å². The smallest absolute Gasteiger partial charge is 0.416 e. The van der Waals surface area contributed by atoms with Crippen molar-refractivity contribution in [3.05, 3.63) is 91.6 Å². The minimum atomic E-state index is -4.84. The number of benzene rings is 2. The number of halogens is 6. The van der Waals surface area contributed by atoms with Crippen LogP contribution < -0.4 is 10.9 Å². The molecule has 2 heterocycles. The van der Waals surface area contributed by atoms with Gasteiger partial charge in [-0.25, -0.2) is 13.2 Å². The van der Waals surface area contributed by atoms with Gasteiger partial charge in [-0.3, -0.25) is 14.4 Å². The zero-order valence-electron chi connectivity index (χ0n) is 37.3. The predicted molar refractivity (Wildman–Crippen MR) is 230 cm³/mol. The number of alkyl halides is 3. The minimum Gasteiger partial charge on any atom is -0.466 e. The summed E-state index contributed by atoms with van der Waals surface area (Å²) in [5.74, 6) is -1.87. The van der Waals surface area contributed by atoms with Crippen molar-refractivity contribution in [3.63, 3.8) is 0 Å². The summed E-state index contributed by atoms with van der Waals surface area (Å²) in [6.07, 6.45) is -3.69. The molecule has 7 nitrogen and oxygen atoms in total. The van der Waals surface area contributed by atoms with Crippen LogP contribution in [0.5, 0.6) is 0 Å². The fourth-order valence-corrected chi connectivity index (χ4v) is 14.3. The van der Waals surface area contributed by atoms with Crippen molar-refractivity contribution < 1.29 is 40.7 Å². The summed E-state index contributed by atoms with van der Waals surface area (Å²) >= 11 is 0. The van der Waals surface area contributed by atoms with Crippen LogP contribution in [0.1, 0.15) is 127 Å². The monoisotopic (exact) mass is 873 g/mol. The van der Waals surface area contributed by atoms with Crippen LogP contribution in [0.2, 0.25) is 16.6 Å². The first-order chi connectivity index (χ1) is 28.4. The molecule has 1 amide bonds. The van der Waals surface area contributed by atoms with Gasteiger partial charge < -0.3 is 19.5 Å². The molecule has 14 heteroatoms. The van der Waals surface area contributed by atoms with E-state index >= 15 is 8.78 Å². The summed E-state index contributed by atoms with van der Waals surface area (Å²) < 4.78 is 98.3. The molecule has 2 unspecified atom stereocenters. The van der Waals surface area contributed by atoms with Gasteiger partial charge in [-0.15, -0.1) is 5.54 Å². The Labute approximate surface area is 357 Å². The summed E-state index contributed by atoms with van der Waals surface area (Å²) in [5.41, 5.74) is 1.51. The Morgan fingerprint density at radius 2 is 1.49 bits per heavy atom. The number of pyridine rings is 1. The second kappa shape index (κ2) is 20.2. The number of carbonyl (C=O) groups is 2. The Balaban J connectivity index is 2.01. The van der Waals surface area contributed by atoms with E-state index in [9.17, 15) is 31.9 Å². The maximum Gasteiger partial charge on any atom is 0.416 e. The van der Waals surface area contributed by atoms with Gasteiger partial charge in [-0.2, -0.15) is 13.2 Å². The summed E-state index contributed by atoms with van der Waals surface area (Å²) in [6, 6.07) is 1.03. The van der Waals surface area contributed by atoms with Crippen molar-refractivity contribution in [2.45, 2.75) is 137 Å². The van der Waals surface area contributed by atoms with Gasteiger partial charge in [-0.05, 0) is 116 Å². The predicted octanol–water partition coefficient (Wildman–Crippen LogP) is 10.8. The second-order valence-corrected chi connectivity index (χ2v) is 23.3. The van der Waals surface area contributed by atoms with Crippen LogP contribution in [0, 0.1) is 48.7 Å². The first kappa shape index (κ1) is 49.3.